The monoisotopic (exact) mass is 306 g/mol. The lowest BCUT2D eigenvalue weighted by Crippen LogP contribution is -2.44. The van der Waals surface area contributed by atoms with Crippen LogP contribution in [0.1, 0.15) is 25.1 Å². The largest absolute Gasteiger partial charge is 0.358 e. The molecule has 0 aromatic carbocycles. The molecule has 1 fully saturated rings. The summed E-state index contributed by atoms with van der Waals surface area (Å²) in [4.78, 5) is 17.7. The Bertz CT molecular complexity index is 634. The van der Waals surface area contributed by atoms with Crippen LogP contribution in [0.2, 0.25) is 0 Å². The minimum absolute atomic E-state index is 0.172. The molecule has 7 nitrogen and oxygen atoms in total. The molecule has 0 radical (unpaired) electrons. The van der Waals surface area contributed by atoms with Crippen molar-refractivity contribution >= 4 is 22.5 Å². The summed E-state index contributed by atoms with van der Waals surface area (Å²) < 4.78 is 4.17. The van der Waals surface area contributed by atoms with Crippen molar-refractivity contribution in [2.24, 2.45) is 0 Å². The lowest BCUT2D eigenvalue weighted by atomic mass is 10.0. The third-order valence-electron chi connectivity index (χ3n) is 3.60. The molecule has 0 amide bonds. The first-order valence-electron chi connectivity index (χ1n) is 7.09. The summed E-state index contributed by atoms with van der Waals surface area (Å²) in [6.07, 6.45) is 3.46. The van der Waals surface area contributed by atoms with Gasteiger partial charge >= 0.3 is 0 Å². The third-order valence-corrected chi connectivity index (χ3v) is 4.37. The standard InChI is InChI=1S/C13H18N6OS/c1-9-15-13(21-18-9)14-8-10-4-2-3-7-19(10)11-5-6-12(20)17-16-11/h5-6,10H,2-4,7-8H2,1H3,(H,17,20)(H,14,15,18). The van der Waals surface area contributed by atoms with E-state index in [0.717, 1.165) is 42.7 Å². The SMILES string of the molecule is Cc1nsc(NCC2CCCCN2c2ccc(=O)[nH]n2)n1. The molecule has 2 N–H and O–H groups in total. The van der Waals surface area contributed by atoms with Crippen molar-refractivity contribution in [1.82, 2.24) is 19.6 Å². The van der Waals surface area contributed by atoms with E-state index in [-0.39, 0.29) is 5.56 Å². The van der Waals surface area contributed by atoms with Crippen LogP contribution in [-0.2, 0) is 0 Å². The fraction of sp³-hybridized carbons (Fsp3) is 0.538. The van der Waals surface area contributed by atoms with Gasteiger partial charge in [-0.2, -0.15) is 9.47 Å². The van der Waals surface area contributed by atoms with Crippen molar-refractivity contribution in [3.63, 3.8) is 0 Å². The zero-order valence-electron chi connectivity index (χ0n) is 11.9. The number of aromatic amines is 1. The van der Waals surface area contributed by atoms with Crippen LogP contribution in [-0.4, -0.2) is 38.7 Å². The lowest BCUT2D eigenvalue weighted by molar-refractivity contribution is 0.467. The predicted octanol–water partition coefficient (Wildman–Crippen LogP) is 1.40. The van der Waals surface area contributed by atoms with Crippen molar-refractivity contribution in [2.75, 3.05) is 23.3 Å². The normalized spacial score (nSPS) is 18.7. The molecule has 0 aliphatic carbocycles. The van der Waals surface area contributed by atoms with Crippen molar-refractivity contribution in [3.05, 3.63) is 28.3 Å². The number of rotatable bonds is 4. The minimum Gasteiger partial charge on any atom is -0.358 e. The highest BCUT2D eigenvalue weighted by atomic mass is 32.1. The van der Waals surface area contributed by atoms with Gasteiger partial charge in [0.25, 0.3) is 5.56 Å². The van der Waals surface area contributed by atoms with E-state index < -0.39 is 0 Å². The van der Waals surface area contributed by atoms with Crippen LogP contribution in [0.25, 0.3) is 0 Å². The smallest absolute Gasteiger partial charge is 0.264 e. The number of hydrogen-bond donors (Lipinski definition) is 2. The molecule has 112 valence electrons. The van der Waals surface area contributed by atoms with E-state index >= 15 is 0 Å². The number of anilines is 2. The van der Waals surface area contributed by atoms with E-state index in [9.17, 15) is 4.79 Å². The summed E-state index contributed by atoms with van der Waals surface area (Å²) in [6.45, 7) is 3.65. The second kappa shape index (κ2) is 6.21. The van der Waals surface area contributed by atoms with Crippen LogP contribution < -0.4 is 15.8 Å². The van der Waals surface area contributed by atoms with Crippen molar-refractivity contribution in [3.8, 4) is 0 Å². The van der Waals surface area contributed by atoms with E-state index in [2.05, 4.69) is 29.8 Å². The van der Waals surface area contributed by atoms with Crippen LogP contribution >= 0.6 is 11.5 Å². The Labute approximate surface area is 126 Å². The molecule has 1 unspecified atom stereocenters. The molecule has 21 heavy (non-hydrogen) atoms. The highest BCUT2D eigenvalue weighted by Crippen LogP contribution is 2.22. The first kappa shape index (κ1) is 14.0. The minimum atomic E-state index is -0.172. The number of aromatic nitrogens is 4. The summed E-state index contributed by atoms with van der Waals surface area (Å²) in [5, 5.41) is 10.9. The molecule has 8 heteroatoms. The molecule has 2 aromatic heterocycles. The Balaban J connectivity index is 1.69. The Morgan fingerprint density at radius 1 is 1.48 bits per heavy atom. The van der Waals surface area contributed by atoms with E-state index in [1.165, 1.54) is 24.0 Å². The number of nitrogens with one attached hydrogen (secondary N) is 2. The maximum absolute atomic E-state index is 11.1. The van der Waals surface area contributed by atoms with Gasteiger partial charge in [0.2, 0.25) is 5.13 Å². The van der Waals surface area contributed by atoms with E-state index in [0.29, 0.717) is 6.04 Å². The first-order valence-corrected chi connectivity index (χ1v) is 7.86. The fourth-order valence-electron chi connectivity index (χ4n) is 2.59. The Morgan fingerprint density at radius 3 is 3.10 bits per heavy atom. The molecule has 1 aliphatic rings. The summed E-state index contributed by atoms with van der Waals surface area (Å²) in [7, 11) is 0. The van der Waals surface area contributed by atoms with E-state index in [1.54, 1.807) is 6.07 Å². The van der Waals surface area contributed by atoms with Gasteiger partial charge in [0.05, 0.1) is 0 Å². The van der Waals surface area contributed by atoms with Gasteiger partial charge in [-0.1, -0.05) is 0 Å². The average Bonchev–Trinajstić information content (AvgIpc) is 2.92. The van der Waals surface area contributed by atoms with Crippen molar-refractivity contribution in [2.45, 2.75) is 32.2 Å². The maximum Gasteiger partial charge on any atom is 0.264 e. The van der Waals surface area contributed by atoms with Crippen LogP contribution in [0.15, 0.2) is 16.9 Å². The van der Waals surface area contributed by atoms with Crippen LogP contribution in [0.3, 0.4) is 0 Å². The van der Waals surface area contributed by atoms with Crippen molar-refractivity contribution in [1.29, 1.82) is 0 Å². The Hall–Kier alpha value is -1.96. The van der Waals surface area contributed by atoms with Gasteiger partial charge in [-0.05, 0) is 32.3 Å². The summed E-state index contributed by atoms with van der Waals surface area (Å²) in [5.41, 5.74) is -0.172. The van der Waals surface area contributed by atoms with Gasteiger partial charge < -0.3 is 10.2 Å². The highest BCUT2D eigenvalue weighted by Gasteiger charge is 2.23. The van der Waals surface area contributed by atoms with Crippen LogP contribution in [0.4, 0.5) is 10.9 Å². The summed E-state index contributed by atoms with van der Waals surface area (Å²) in [5.74, 6) is 1.62. The number of hydrogen-bond acceptors (Lipinski definition) is 7. The second-order valence-corrected chi connectivity index (χ2v) is 5.90. The topological polar surface area (TPSA) is 86.8 Å². The average molecular weight is 306 g/mol. The van der Waals surface area contributed by atoms with Gasteiger partial charge in [-0.3, -0.25) is 4.79 Å². The van der Waals surface area contributed by atoms with Gasteiger partial charge in [0, 0.05) is 36.7 Å². The summed E-state index contributed by atoms with van der Waals surface area (Å²) >= 11 is 1.38. The molecular formula is C13H18N6OS. The molecule has 3 rings (SSSR count). The van der Waals surface area contributed by atoms with Crippen molar-refractivity contribution < 1.29 is 0 Å². The molecule has 0 spiro atoms. The van der Waals surface area contributed by atoms with Gasteiger partial charge in [-0.15, -0.1) is 0 Å². The van der Waals surface area contributed by atoms with E-state index in [4.69, 9.17) is 0 Å². The lowest BCUT2D eigenvalue weighted by Gasteiger charge is -2.36. The van der Waals surface area contributed by atoms with Gasteiger partial charge in [0.15, 0.2) is 0 Å². The number of H-pyrrole nitrogens is 1. The Kier molecular flexibility index (Phi) is 4.14. The number of aryl methyl sites for hydroxylation is 1. The summed E-state index contributed by atoms with van der Waals surface area (Å²) in [6, 6.07) is 3.66. The molecule has 3 heterocycles. The Morgan fingerprint density at radius 2 is 2.38 bits per heavy atom. The fourth-order valence-corrected chi connectivity index (χ4v) is 3.17. The molecule has 2 aromatic rings. The van der Waals surface area contributed by atoms with Crippen LogP contribution in [0, 0.1) is 6.92 Å². The maximum atomic E-state index is 11.1. The molecule has 0 bridgehead atoms. The predicted molar refractivity (Wildman–Crippen MR) is 83.0 cm³/mol. The van der Waals surface area contributed by atoms with Crippen LogP contribution in [0.5, 0.6) is 0 Å². The third kappa shape index (κ3) is 3.38. The number of piperidine rings is 1. The second-order valence-electron chi connectivity index (χ2n) is 5.15. The van der Waals surface area contributed by atoms with Gasteiger partial charge in [-0.25, -0.2) is 10.1 Å². The zero-order valence-corrected chi connectivity index (χ0v) is 12.7. The molecular weight excluding hydrogens is 288 g/mol. The number of nitrogens with zero attached hydrogens (tertiary/aromatic N) is 4. The first-order chi connectivity index (χ1) is 10.2. The van der Waals surface area contributed by atoms with E-state index in [1.807, 2.05) is 6.92 Å². The molecule has 1 atom stereocenters. The highest BCUT2D eigenvalue weighted by molar-refractivity contribution is 7.09. The van der Waals surface area contributed by atoms with Gasteiger partial charge in [0.1, 0.15) is 11.6 Å². The molecule has 1 saturated heterocycles. The zero-order chi connectivity index (χ0) is 14.7. The molecule has 1 aliphatic heterocycles. The quantitative estimate of drug-likeness (QED) is 0.888. The molecule has 0 saturated carbocycles.